The van der Waals surface area contributed by atoms with Crippen LogP contribution in [0.1, 0.15) is 55.3 Å². The highest BCUT2D eigenvalue weighted by molar-refractivity contribution is 6.32. The first kappa shape index (κ1) is 21.5. The molecular formula is C24H26ClFN2O4. The Balaban J connectivity index is 1.34. The van der Waals surface area contributed by atoms with Crippen LogP contribution in [-0.4, -0.2) is 46.6 Å². The molecule has 1 amide bonds. The number of nitrogens with zero attached hydrogens (tertiary/aromatic N) is 2. The van der Waals surface area contributed by atoms with Gasteiger partial charge >= 0.3 is 5.97 Å². The fourth-order valence-corrected chi connectivity index (χ4v) is 7.09. The van der Waals surface area contributed by atoms with E-state index >= 15 is 0 Å². The topological polar surface area (TPSA) is 71.2 Å². The Hall–Kier alpha value is -2.33. The quantitative estimate of drug-likeness (QED) is 0.649. The van der Waals surface area contributed by atoms with Gasteiger partial charge in [0.05, 0.1) is 10.6 Å². The average molecular weight is 461 g/mol. The molecule has 170 valence electrons. The van der Waals surface area contributed by atoms with Crippen LogP contribution in [0.15, 0.2) is 12.1 Å². The first-order chi connectivity index (χ1) is 15.3. The highest BCUT2D eigenvalue weighted by atomic mass is 35.5. The standard InChI is InChI=1S/C24H26ClFN2O4/c1-27-24(15-6-13-5-14(8-15)9-16(24)7-13)12-32-21-11-19(26)17(10-18(21)25)22(29)28-4-2-3-20(28)23(30)31/h10-11,13-16,20H,2-9,12H2,(H,30,31)/t13?,14?,15?,16?,20-,24?/m0/s1. The van der Waals surface area contributed by atoms with Gasteiger partial charge in [-0.2, -0.15) is 0 Å². The predicted octanol–water partition coefficient (Wildman–Crippen LogP) is 4.66. The van der Waals surface area contributed by atoms with E-state index in [2.05, 4.69) is 4.85 Å². The lowest BCUT2D eigenvalue weighted by Crippen LogP contribution is -2.58. The van der Waals surface area contributed by atoms with Gasteiger partial charge in [-0.1, -0.05) is 11.6 Å². The number of amides is 1. The molecule has 0 aromatic heterocycles. The van der Waals surface area contributed by atoms with Crippen molar-refractivity contribution in [1.82, 2.24) is 4.90 Å². The van der Waals surface area contributed by atoms with Crippen molar-refractivity contribution < 1.29 is 23.8 Å². The second-order valence-electron chi connectivity index (χ2n) is 9.95. The lowest BCUT2D eigenvalue weighted by Gasteiger charge is -2.54. The van der Waals surface area contributed by atoms with E-state index in [9.17, 15) is 19.1 Å². The third kappa shape index (κ3) is 3.35. The van der Waals surface area contributed by atoms with Crippen LogP contribution < -0.4 is 4.74 Å². The summed E-state index contributed by atoms with van der Waals surface area (Å²) in [7, 11) is 0. The molecule has 1 atom stereocenters. The number of halogens is 2. The summed E-state index contributed by atoms with van der Waals surface area (Å²) in [5.74, 6) is -0.395. The smallest absolute Gasteiger partial charge is 0.326 e. The first-order valence-electron chi connectivity index (χ1n) is 11.4. The van der Waals surface area contributed by atoms with E-state index in [1.165, 1.54) is 17.4 Å². The van der Waals surface area contributed by atoms with Gasteiger partial charge in [0.2, 0.25) is 0 Å². The van der Waals surface area contributed by atoms with Crippen LogP contribution in [0.5, 0.6) is 5.75 Å². The molecule has 32 heavy (non-hydrogen) atoms. The van der Waals surface area contributed by atoms with Gasteiger partial charge in [-0.05, 0) is 62.8 Å². The van der Waals surface area contributed by atoms with Crippen LogP contribution in [0.3, 0.4) is 0 Å². The summed E-state index contributed by atoms with van der Waals surface area (Å²) < 4.78 is 20.9. The number of carboxylic acids is 1. The van der Waals surface area contributed by atoms with E-state index in [0.29, 0.717) is 24.7 Å². The molecule has 1 aromatic rings. The van der Waals surface area contributed by atoms with Crippen LogP contribution in [0.4, 0.5) is 4.39 Å². The third-order valence-electron chi connectivity index (χ3n) is 8.27. The zero-order valence-corrected chi connectivity index (χ0v) is 18.5. The fourth-order valence-electron chi connectivity index (χ4n) is 6.87. The van der Waals surface area contributed by atoms with Gasteiger partial charge in [0, 0.05) is 24.4 Å². The predicted molar refractivity (Wildman–Crippen MR) is 115 cm³/mol. The van der Waals surface area contributed by atoms with E-state index in [0.717, 1.165) is 43.6 Å². The van der Waals surface area contributed by atoms with Gasteiger partial charge in [-0.3, -0.25) is 4.79 Å². The maximum atomic E-state index is 14.9. The fraction of sp³-hybridized carbons (Fsp3) is 0.625. The van der Waals surface area contributed by atoms with E-state index in [-0.39, 0.29) is 29.5 Å². The molecule has 0 unspecified atom stereocenters. The maximum absolute atomic E-state index is 14.9. The molecule has 1 aliphatic heterocycles. The summed E-state index contributed by atoms with van der Waals surface area (Å²) in [6, 6.07) is 1.36. The number of hydrogen-bond donors (Lipinski definition) is 1. The molecule has 5 fully saturated rings. The maximum Gasteiger partial charge on any atom is 0.326 e. The molecule has 5 aliphatic rings. The van der Waals surface area contributed by atoms with Crippen molar-refractivity contribution in [3.05, 3.63) is 40.0 Å². The highest BCUT2D eigenvalue weighted by Gasteiger charge is 2.63. The molecule has 4 saturated carbocycles. The minimum atomic E-state index is -1.09. The van der Waals surface area contributed by atoms with Crippen LogP contribution >= 0.6 is 11.6 Å². The van der Waals surface area contributed by atoms with Gasteiger partial charge in [-0.15, -0.1) is 0 Å². The van der Waals surface area contributed by atoms with Crippen molar-refractivity contribution in [2.45, 2.75) is 56.5 Å². The first-order valence-corrected chi connectivity index (χ1v) is 11.7. The van der Waals surface area contributed by atoms with E-state index in [4.69, 9.17) is 22.9 Å². The molecule has 1 heterocycles. The average Bonchev–Trinajstić information content (AvgIpc) is 3.25. The molecule has 1 aromatic carbocycles. The lowest BCUT2D eigenvalue weighted by atomic mass is 9.49. The third-order valence-corrected chi connectivity index (χ3v) is 8.57. The Morgan fingerprint density at radius 3 is 2.47 bits per heavy atom. The molecule has 8 heteroatoms. The largest absolute Gasteiger partial charge is 0.483 e. The number of hydrogen-bond acceptors (Lipinski definition) is 3. The van der Waals surface area contributed by atoms with Gasteiger partial charge in [0.1, 0.15) is 17.6 Å². The number of aliphatic carboxylic acids is 1. The van der Waals surface area contributed by atoms with E-state index in [1.54, 1.807) is 0 Å². The summed E-state index contributed by atoms with van der Waals surface area (Å²) >= 11 is 6.35. The Morgan fingerprint density at radius 1 is 1.22 bits per heavy atom. The molecule has 6 nitrogen and oxygen atoms in total. The number of carbonyl (C=O) groups is 2. The molecule has 0 radical (unpaired) electrons. The van der Waals surface area contributed by atoms with Crippen LogP contribution in [0.2, 0.25) is 5.02 Å². The Morgan fingerprint density at radius 2 is 1.88 bits per heavy atom. The van der Waals surface area contributed by atoms with E-state index < -0.39 is 29.3 Å². The van der Waals surface area contributed by atoms with Gasteiger partial charge in [-0.25, -0.2) is 15.8 Å². The van der Waals surface area contributed by atoms with Gasteiger partial charge in [0.15, 0.2) is 6.61 Å². The second-order valence-corrected chi connectivity index (χ2v) is 10.4. The number of ether oxygens (including phenoxy) is 1. The summed E-state index contributed by atoms with van der Waals surface area (Å²) in [4.78, 5) is 29.5. The second kappa shape index (κ2) is 7.91. The van der Waals surface area contributed by atoms with E-state index in [1.807, 2.05) is 0 Å². The molecule has 1 saturated heterocycles. The zero-order valence-electron chi connectivity index (χ0n) is 17.7. The summed E-state index contributed by atoms with van der Waals surface area (Å²) in [5.41, 5.74) is -0.851. The van der Waals surface area contributed by atoms with Crippen LogP contribution in [-0.2, 0) is 4.79 Å². The highest BCUT2D eigenvalue weighted by Crippen LogP contribution is 2.59. The Kier molecular flexibility index (Phi) is 5.32. The van der Waals surface area contributed by atoms with Gasteiger partial charge in [0.25, 0.3) is 11.4 Å². The van der Waals surface area contributed by atoms with Crippen LogP contribution in [0, 0.1) is 36.1 Å². The minimum absolute atomic E-state index is 0.0877. The van der Waals surface area contributed by atoms with Crippen molar-refractivity contribution in [2.75, 3.05) is 13.2 Å². The number of likely N-dealkylation sites (tertiary alicyclic amines) is 1. The lowest BCUT2D eigenvalue weighted by molar-refractivity contribution is -0.141. The molecule has 6 rings (SSSR count). The molecule has 4 bridgehead atoms. The molecule has 4 aliphatic carbocycles. The normalized spacial score (nSPS) is 35.0. The van der Waals surface area contributed by atoms with Crippen LogP contribution in [0.25, 0.3) is 4.85 Å². The Labute approximate surface area is 191 Å². The molecule has 0 spiro atoms. The Bertz CT molecular complexity index is 978. The zero-order chi connectivity index (χ0) is 22.6. The molecule has 1 N–H and O–H groups in total. The van der Waals surface area contributed by atoms with Crippen molar-refractivity contribution in [2.24, 2.45) is 23.7 Å². The number of carbonyl (C=O) groups excluding carboxylic acids is 1. The van der Waals surface area contributed by atoms with Crippen molar-refractivity contribution >= 4 is 23.5 Å². The van der Waals surface area contributed by atoms with Crippen molar-refractivity contribution in [1.29, 1.82) is 0 Å². The number of carboxylic acid groups (broad SMARTS) is 1. The van der Waals surface area contributed by atoms with Gasteiger partial charge < -0.3 is 19.6 Å². The summed E-state index contributed by atoms with van der Waals surface area (Å²) in [6.45, 7) is 8.40. The van der Waals surface area contributed by atoms with Crippen molar-refractivity contribution in [3.63, 3.8) is 0 Å². The summed E-state index contributed by atoms with van der Waals surface area (Å²) in [6.07, 6.45) is 6.45. The molecular weight excluding hydrogens is 435 g/mol. The number of rotatable bonds is 5. The van der Waals surface area contributed by atoms with Crippen molar-refractivity contribution in [3.8, 4) is 5.75 Å². The number of benzene rings is 1. The monoisotopic (exact) mass is 460 g/mol. The minimum Gasteiger partial charge on any atom is -0.483 e. The SMILES string of the molecule is [C-]#[N+]C1(COc2cc(F)c(C(=O)N3CCC[C@H]3C(=O)O)cc2Cl)C2CC3CC(C2)CC1C3. The summed E-state index contributed by atoms with van der Waals surface area (Å²) in [5, 5.41) is 9.41.